The summed E-state index contributed by atoms with van der Waals surface area (Å²) in [5.74, 6) is 0.468. The monoisotopic (exact) mass is 602 g/mol. The van der Waals surface area contributed by atoms with Gasteiger partial charge in [-0.2, -0.15) is 0 Å². The average molecular weight is 603 g/mol. The second-order valence-electron chi connectivity index (χ2n) is 16.4. The van der Waals surface area contributed by atoms with Gasteiger partial charge in [0.2, 0.25) is 0 Å². The number of aliphatic hydroxyl groups excluding tert-OH is 3. The standard InChI is InChI=1S/C36H58O7/c1-20(2)10-9-11-21(3)22-14-18-36(8)24-12-13-25-33(4,5)26(16-17-34(25,6)23(24)15-19-35(22,36)7)42-32-29(39)27(37)28(38)30(43-32)31(40)41/h10,21-22,25-30,32,37-39H,9,11-19H2,1-8H3,(H,40,41)/t21-,22-,25?,26?,27+,28+,29-,30+,32?,34-,35-,36+/m1/s1. The Morgan fingerprint density at radius 1 is 0.953 bits per heavy atom. The van der Waals surface area contributed by atoms with Gasteiger partial charge in [-0.15, -0.1) is 0 Å². The molecule has 0 aromatic heterocycles. The smallest absolute Gasteiger partial charge is 0.335 e. The van der Waals surface area contributed by atoms with Crippen LogP contribution in [0.3, 0.4) is 0 Å². The van der Waals surface area contributed by atoms with E-state index in [4.69, 9.17) is 9.47 Å². The molecule has 1 heterocycles. The van der Waals surface area contributed by atoms with Crippen molar-refractivity contribution in [1.82, 2.24) is 0 Å². The van der Waals surface area contributed by atoms with Crippen LogP contribution in [-0.4, -0.2) is 63.2 Å². The quantitative estimate of drug-likeness (QED) is 0.249. The molecule has 7 nitrogen and oxygen atoms in total. The van der Waals surface area contributed by atoms with Crippen molar-refractivity contribution in [3.05, 3.63) is 22.8 Å². The Hall–Kier alpha value is -1.25. The average Bonchev–Trinajstić information content (AvgIpc) is 3.21. The molecule has 244 valence electrons. The Kier molecular flexibility index (Phi) is 8.88. The van der Waals surface area contributed by atoms with Crippen molar-refractivity contribution in [2.75, 3.05) is 0 Å². The molecule has 0 amide bonds. The summed E-state index contributed by atoms with van der Waals surface area (Å²) in [6.45, 7) is 19.1. The van der Waals surface area contributed by atoms with Crippen LogP contribution in [0.5, 0.6) is 0 Å². The van der Waals surface area contributed by atoms with Crippen molar-refractivity contribution in [1.29, 1.82) is 0 Å². The highest BCUT2D eigenvalue weighted by Gasteiger charge is 2.64. The third-order valence-corrected chi connectivity index (χ3v) is 13.7. The van der Waals surface area contributed by atoms with E-state index in [2.05, 4.69) is 61.5 Å². The number of carboxylic acid groups (broad SMARTS) is 1. The third kappa shape index (κ3) is 5.17. The number of fused-ring (bicyclic) bond motifs is 4. The molecule has 5 aliphatic rings. The van der Waals surface area contributed by atoms with E-state index in [1.165, 1.54) is 44.1 Å². The lowest BCUT2D eigenvalue weighted by Gasteiger charge is -2.62. The highest BCUT2D eigenvalue weighted by Crippen LogP contribution is 2.72. The Bertz CT molecular complexity index is 1140. The number of hydrogen-bond donors (Lipinski definition) is 4. The molecule has 2 saturated carbocycles. The zero-order chi connectivity index (χ0) is 31.7. The number of carboxylic acids is 1. The number of carbonyl (C=O) groups is 1. The van der Waals surface area contributed by atoms with Crippen molar-refractivity contribution in [3.8, 4) is 0 Å². The topological polar surface area (TPSA) is 116 Å². The van der Waals surface area contributed by atoms with E-state index < -0.39 is 36.7 Å². The van der Waals surface area contributed by atoms with Gasteiger partial charge in [0.1, 0.15) is 18.3 Å². The van der Waals surface area contributed by atoms with Gasteiger partial charge >= 0.3 is 5.97 Å². The number of aliphatic carboxylic acids is 1. The predicted molar refractivity (Wildman–Crippen MR) is 166 cm³/mol. The summed E-state index contributed by atoms with van der Waals surface area (Å²) in [7, 11) is 0. The first kappa shape index (κ1) is 33.1. The first-order chi connectivity index (χ1) is 20.0. The van der Waals surface area contributed by atoms with E-state index in [9.17, 15) is 25.2 Å². The van der Waals surface area contributed by atoms with E-state index in [0.29, 0.717) is 11.3 Å². The van der Waals surface area contributed by atoms with Crippen molar-refractivity contribution in [2.45, 2.75) is 156 Å². The highest BCUT2D eigenvalue weighted by atomic mass is 16.7. The summed E-state index contributed by atoms with van der Waals surface area (Å²) in [6, 6.07) is 0. The molecule has 3 unspecified atom stereocenters. The van der Waals surface area contributed by atoms with E-state index in [1.54, 1.807) is 11.1 Å². The summed E-state index contributed by atoms with van der Waals surface area (Å²) in [5.41, 5.74) is 5.25. The molecule has 12 atom stereocenters. The fourth-order valence-electron chi connectivity index (χ4n) is 11.0. The van der Waals surface area contributed by atoms with E-state index in [1.807, 2.05) is 0 Å². The fraction of sp³-hybridized carbons (Fsp3) is 0.861. The molecule has 0 bridgehead atoms. The third-order valence-electron chi connectivity index (χ3n) is 13.7. The number of ether oxygens (including phenoxy) is 2. The lowest BCUT2D eigenvalue weighted by Crippen LogP contribution is -2.62. The van der Waals surface area contributed by atoms with Crippen molar-refractivity contribution >= 4 is 5.97 Å². The fourth-order valence-corrected chi connectivity index (χ4v) is 11.0. The van der Waals surface area contributed by atoms with Crippen molar-refractivity contribution in [3.63, 3.8) is 0 Å². The normalized spacial score (nSPS) is 46.4. The predicted octanol–water partition coefficient (Wildman–Crippen LogP) is 6.40. The molecule has 0 aromatic carbocycles. The molecular formula is C36H58O7. The van der Waals surface area contributed by atoms with Crippen molar-refractivity contribution in [2.24, 2.45) is 39.4 Å². The molecule has 43 heavy (non-hydrogen) atoms. The maximum Gasteiger partial charge on any atom is 0.335 e. The van der Waals surface area contributed by atoms with Crippen LogP contribution in [0.2, 0.25) is 0 Å². The maximum absolute atomic E-state index is 11.7. The van der Waals surface area contributed by atoms with Gasteiger partial charge in [-0.05, 0) is 117 Å². The van der Waals surface area contributed by atoms with Gasteiger partial charge in [0, 0.05) is 0 Å². The van der Waals surface area contributed by atoms with E-state index in [-0.39, 0.29) is 22.3 Å². The molecule has 3 fully saturated rings. The maximum atomic E-state index is 11.7. The largest absolute Gasteiger partial charge is 0.479 e. The Morgan fingerprint density at radius 2 is 1.65 bits per heavy atom. The number of allylic oxidation sites excluding steroid dienone is 4. The van der Waals surface area contributed by atoms with Crippen LogP contribution < -0.4 is 0 Å². The summed E-state index contributed by atoms with van der Waals surface area (Å²) in [5, 5.41) is 40.7. The van der Waals surface area contributed by atoms with Crippen LogP contribution in [0, 0.1) is 39.4 Å². The second kappa shape index (κ2) is 11.5. The molecule has 0 radical (unpaired) electrons. The van der Waals surface area contributed by atoms with E-state index in [0.717, 1.165) is 37.5 Å². The van der Waals surface area contributed by atoms with Crippen LogP contribution in [0.4, 0.5) is 0 Å². The van der Waals surface area contributed by atoms with Crippen molar-refractivity contribution < 1.29 is 34.7 Å². The Labute approximate surface area is 259 Å². The second-order valence-corrected chi connectivity index (χ2v) is 16.4. The minimum Gasteiger partial charge on any atom is -0.479 e. The highest BCUT2D eigenvalue weighted by molar-refractivity contribution is 5.73. The van der Waals surface area contributed by atoms with Gasteiger partial charge in [0.25, 0.3) is 0 Å². The van der Waals surface area contributed by atoms with Crippen LogP contribution in [0.25, 0.3) is 0 Å². The molecule has 5 rings (SSSR count). The van der Waals surface area contributed by atoms with Crippen LogP contribution in [0.15, 0.2) is 22.8 Å². The lowest BCUT2D eigenvalue weighted by atomic mass is 9.43. The summed E-state index contributed by atoms with van der Waals surface area (Å²) < 4.78 is 11.9. The summed E-state index contributed by atoms with van der Waals surface area (Å²) >= 11 is 0. The minimum absolute atomic E-state index is 0.0692. The number of rotatable bonds is 7. The molecule has 4 aliphatic carbocycles. The summed E-state index contributed by atoms with van der Waals surface area (Å²) in [6.07, 6.45) is 5.69. The van der Waals surface area contributed by atoms with Gasteiger partial charge in [0.05, 0.1) is 6.10 Å². The molecule has 7 heteroatoms. The van der Waals surface area contributed by atoms with Crippen LogP contribution >= 0.6 is 0 Å². The van der Waals surface area contributed by atoms with Crippen LogP contribution in [-0.2, 0) is 14.3 Å². The molecule has 0 spiro atoms. The van der Waals surface area contributed by atoms with Gasteiger partial charge in [-0.3, -0.25) is 0 Å². The Morgan fingerprint density at radius 3 is 2.30 bits per heavy atom. The number of hydrogen-bond acceptors (Lipinski definition) is 6. The molecular weight excluding hydrogens is 544 g/mol. The van der Waals surface area contributed by atoms with Gasteiger partial charge in [0.15, 0.2) is 12.4 Å². The minimum atomic E-state index is -1.72. The number of aliphatic hydroxyl groups is 3. The van der Waals surface area contributed by atoms with Crippen LogP contribution in [0.1, 0.15) is 120 Å². The Balaban J connectivity index is 1.37. The van der Waals surface area contributed by atoms with E-state index >= 15 is 0 Å². The van der Waals surface area contributed by atoms with Gasteiger partial charge in [-0.1, -0.05) is 64.3 Å². The first-order valence-corrected chi connectivity index (χ1v) is 16.9. The zero-order valence-corrected chi connectivity index (χ0v) is 27.9. The zero-order valence-electron chi connectivity index (χ0n) is 27.9. The molecule has 1 saturated heterocycles. The van der Waals surface area contributed by atoms with Gasteiger partial charge < -0.3 is 29.9 Å². The lowest BCUT2D eigenvalue weighted by molar-refractivity contribution is -0.319. The SMILES string of the molecule is CC(C)=CCC[C@@H](C)[C@H]1CC[C@@]2(C)C3=C(CC[C@]12C)[C@@]1(C)CCC(OC2O[C@H](C(=O)O)[C@@H](O)[C@H](O)[C@H]2O)C(C)(C)C1CC3. The molecule has 4 N–H and O–H groups in total. The first-order valence-electron chi connectivity index (χ1n) is 16.9. The summed E-state index contributed by atoms with van der Waals surface area (Å²) in [4.78, 5) is 11.7. The molecule has 0 aromatic rings. The van der Waals surface area contributed by atoms with Gasteiger partial charge in [-0.25, -0.2) is 4.79 Å². The molecule has 1 aliphatic heterocycles.